The summed E-state index contributed by atoms with van der Waals surface area (Å²) in [5.41, 5.74) is 12.1. The number of nitrogens with two attached hydrogens (primary N) is 2. The lowest BCUT2D eigenvalue weighted by Gasteiger charge is -2.36. The van der Waals surface area contributed by atoms with Gasteiger partial charge in [0.15, 0.2) is 6.71 Å². The van der Waals surface area contributed by atoms with E-state index in [1.807, 2.05) is 6.92 Å². The average molecular weight is 256 g/mol. The molecule has 0 heterocycles. The first kappa shape index (κ1) is 17.9. The second kappa shape index (κ2) is 7.48. The summed E-state index contributed by atoms with van der Waals surface area (Å²) in [6.45, 7) is 15.6. The van der Waals surface area contributed by atoms with Gasteiger partial charge in [-0.15, -0.1) is 0 Å². The molecule has 0 aliphatic carbocycles. The van der Waals surface area contributed by atoms with Crippen molar-refractivity contribution in [2.45, 2.75) is 78.5 Å². The molecule has 4 nitrogen and oxygen atoms in total. The monoisotopic (exact) mass is 256 g/mol. The molecule has 4 atom stereocenters. The number of nitrogens with one attached hydrogen (secondary N) is 2. The Balaban J connectivity index is 4.25. The molecule has 0 aromatic heterocycles. The van der Waals surface area contributed by atoms with Crippen molar-refractivity contribution in [2.75, 3.05) is 0 Å². The largest absolute Gasteiger partial charge is 0.323 e. The van der Waals surface area contributed by atoms with Gasteiger partial charge >= 0.3 is 0 Å². The predicted molar refractivity (Wildman–Crippen MR) is 82.7 cm³/mol. The summed E-state index contributed by atoms with van der Waals surface area (Å²) in [6, 6.07) is 0. The summed E-state index contributed by atoms with van der Waals surface area (Å²) >= 11 is 0. The SMILES string of the molecule is CB(C)C(C)NC(C)NC(N)C(C)(N)CC(C)C. The Morgan fingerprint density at radius 2 is 1.61 bits per heavy atom. The summed E-state index contributed by atoms with van der Waals surface area (Å²) in [6.07, 6.45) is 0.863. The second-order valence-corrected chi connectivity index (χ2v) is 6.67. The Bertz CT molecular complexity index is 231. The van der Waals surface area contributed by atoms with Gasteiger partial charge in [0.25, 0.3) is 0 Å². The van der Waals surface area contributed by atoms with E-state index in [9.17, 15) is 0 Å². The molecule has 0 fully saturated rings. The minimum Gasteiger partial charge on any atom is -0.323 e. The highest BCUT2D eigenvalue weighted by Crippen LogP contribution is 2.15. The molecule has 6 N–H and O–H groups in total. The molecule has 0 saturated heterocycles. The van der Waals surface area contributed by atoms with E-state index in [2.05, 4.69) is 52.0 Å². The van der Waals surface area contributed by atoms with Gasteiger partial charge in [0.05, 0.1) is 12.3 Å². The molecular weight excluding hydrogens is 223 g/mol. The Morgan fingerprint density at radius 1 is 1.11 bits per heavy atom. The van der Waals surface area contributed by atoms with Crippen LogP contribution in [0, 0.1) is 5.92 Å². The fraction of sp³-hybridized carbons (Fsp3) is 1.00. The summed E-state index contributed by atoms with van der Waals surface area (Å²) in [5.74, 6) is 1.000. The van der Waals surface area contributed by atoms with E-state index < -0.39 is 0 Å². The molecule has 0 spiro atoms. The Morgan fingerprint density at radius 3 is 2.00 bits per heavy atom. The minimum absolute atomic E-state index is 0.160. The van der Waals surface area contributed by atoms with Crippen LogP contribution in [0.25, 0.3) is 0 Å². The van der Waals surface area contributed by atoms with E-state index in [0.29, 0.717) is 18.6 Å². The highest BCUT2D eigenvalue weighted by atomic mass is 15.2. The van der Waals surface area contributed by atoms with Crippen molar-refractivity contribution < 1.29 is 0 Å². The van der Waals surface area contributed by atoms with E-state index in [1.165, 1.54) is 0 Å². The van der Waals surface area contributed by atoms with Crippen LogP contribution in [-0.4, -0.2) is 30.5 Å². The van der Waals surface area contributed by atoms with Gasteiger partial charge in [-0.25, -0.2) is 0 Å². The van der Waals surface area contributed by atoms with Crippen LogP contribution < -0.4 is 22.1 Å². The standard InChI is InChI=1S/C13H33BN4/c1-9(2)8-13(5,16)12(15)18-11(4)17-10(3)14(6)7/h9-12,17-18H,8,15-16H2,1-7H3. The van der Waals surface area contributed by atoms with Gasteiger partial charge in [-0.3, -0.25) is 5.32 Å². The van der Waals surface area contributed by atoms with Crippen molar-refractivity contribution >= 4 is 6.71 Å². The molecule has 0 aromatic carbocycles. The normalized spacial score (nSPS) is 20.3. The van der Waals surface area contributed by atoms with E-state index >= 15 is 0 Å². The third-order valence-electron chi connectivity index (χ3n) is 3.50. The maximum atomic E-state index is 6.28. The molecule has 0 radical (unpaired) electrons. The van der Waals surface area contributed by atoms with Crippen LogP contribution in [0.4, 0.5) is 0 Å². The van der Waals surface area contributed by atoms with Crippen LogP contribution >= 0.6 is 0 Å². The first-order valence-corrected chi connectivity index (χ1v) is 7.12. The highest BCUT2D eigenvalue weighted by molar-refractivity contribution is 6.57. The Labute approximate surface area is 114 Å². The van der Waals surface area contributed by atoms with Crippen LogP contribution in [0.5, 0.6) is 0 Å². The fourth-order valence-corrected chi connectivity index (χ4v) is 2.10. The molecule has 0 amide bonds. The lowest BCUT2D eigenvalue weighted by Crippen LogP contribution is -2.65. The number of hydrogen-bond donors (Lipinski definition) is 4. The van der Waals surface area contributed by atoms with E-state index in [4.69, 9.17) is 11.5 Å². The Kier molecular flexibility index (Phi) is 7.44. The van der Waals surface area contributed by atoms with E-state index in [0.717, 1.165) is 6.42 Å². The molecule has 108 valence electrons. The maximum absolute atomic E-state index is 6.28. The average Bonchev–Trinajstić information content (AvgIpc) is 2.14. The van der Waals surface area contributed by atoms with Gasteiger partial charge in [0, 0.05) is 5.54 Å². The van der Waals surface area contributed by atoms with Crippen molar-refractivity contribution in [3.05, 3.63) is 0 Å². The third kappa shape index (κ3) is 6.73. The summed E-state index contributed by atoms with van der Waals surface area (Å²) in [7, 11) is 0. The van der Waals surface area contributed by atoms with Gasteiger partial charge in [-0.1, -0.05) is 34.4 Å². The van der Waals surface area contributed by atoms with Gasteiger partial charge in [0.2, 0.25) is 0 Å². The zero-order valence-electron chi connectivity index (χ0n) is 13.2. The smallest absolute Gasteiger partial charge is 0.153 e. The molecule has 0 aliphatic rings. The zero-order valence-corrected chi connectivity index (χ0v) is 13.2. The zero-order chi connectivity index (χ0) is 14.5. The lowest BCUT2D eigenvalue weighted by atomic mass is 9.49. The van der Waals surface area contributed by atoms with Crippen molar-refractivity contribution in [2.24, 2.45) is 17.4 Å². The molecule has 0 aromatic rings. The first-order chi connectivity index (χ1) is 8.06. The molecule has 18 heavy (non-hydrogen) atoms. The minimum atomic E-state index is -0.384. The van der Waals surface area contributed by atoms with E-state index in [1.54, 1.807) is 0 Å². The van der Waals surface area contributed by atoms with Gasteiger partial charge in [0.1, 0.15) is 0 Å². The van der Waals surface area contributed by atoms with Gasteiger partial charge in [-0.05, 0) is 32.1 Å². The van der Waals surface area contributed by atoms with Crippen LogP contribution in [0.3, 0.4) is 0 Å². The van der Waals surface area contributed by atoms with Crippen molar-refractivity contribution in [1.82, 2.24) is 10.6 Å². The van der Waals surface area contributed by atoms with Crippen molar-refractivity contribution in [3.63, 3.8) is 0 Å². The number of rotatable bonds is 8. The molecular formula is C13H33BN4. The first-order valence-electron chi connectivity index (χ1n) is 7.12. The van der Waals surface area contributed by atoms with Crippen molar-refractivity contribution in [3.8, 4) is 0 Å². The van der Waals surface area contributed by atoms with Crippen LogP contribution in [-0.2, 0) is 0 Å². The summed E-state index contributed by atoms with van der Waals surface area (Å²) < 4.78 is 0. The van der Waals surface area contributed by atoms with Crippen molar-refractivity contribution in [1.29, 1.82) is 0 Å². The lowest BCUT2D eigenvalue weighted by molar-refractivity contribution is 0.245. The van der Waals surface area contributed by atoms with Crippen LogP contribution in [0.15, 0.2) is 0 Å². The highest BCUT2D eigenvalue weighted by Gasteiger charge is 2.29. The second-order valence-electron chi connectivity index (χ2n) is 6.67. The number of hydrogen-bond acceptors (Lipinski definition) is 4. The molecule has 0 rings (SSSR count). The van der Waals surface area contributed by atoms with Crippen LogP contribution in [0.1, 0.15) is 41.0 Å². The third-order valence-corrected chi connectivity index (χ3v) is 3.50. The van der Waals surface area contributed by atoms with Crippen LogP contribution in [0.2, 0.25) is 13.6 Å². The quantitative estimate of drug-likeness (QED) is 0.389. The maximum Gasteiger partial charge on any atom is 0.153 e. The predicted octanol–water partition coefficient (Wildman–Crippen LogP) is 1.24. The van der Waals surface area contributed by atoms with Gasteiger partial charge in [-0.2, -0.15) is 0 Å². The summed E-state index contributed by atoms with van der Waals surface area (Å²) in [4.78, 5) is 0. The fourth-order valence-electron chi connectivity index (χ4n) is 2.10. The molecule has 5 heteroatoms. The van der Waals surface area contributed by atoms with Gasteiger partial charge < -0.3 is 16.8 Å². The summed E-state index contributed by atoms with van der Waals surface area (Å²) in [5, 5.41) is 6.84. The Hall–Kier alpha value is -0.0951. The topological polar surface area (TPSA) is 76.1 Å². The van der Waals surface area contributed by atoms with E-state index in [-0.39, 0.29) is 17.9 Å². The molecule has 4 unspecified atom stereocenters. The molecule has 0 aliphatic heterocycles. The molecule has 0 saturated carbocycles. The molecule has 0 bridgehead atoms.